The molecule has 1 N–H and O–H groups in total. The number of ether oxygens (including phenoxy) is 2. The Morgan fingerprint density at radius 1 is 0.638 bits per heavy atom. The van der Waals surface area contributed by atoms with Gasteiger partial charge in [-0.2, -0.15) is 0 Å². The molecular formula is C58H72N2O7Si2. The third-order valence-corrected chi connectivity index (χ3v) is 25.5. The molecule has 6 aromatic rings. The van der Waals surface area contributed by atoms with Crippen LogP contribution < -0.4 is 25.5 Å². The molecule has 1 aliphatic heterocycles. The second kappa shape index (κ2) is 20.7. The average molecular weight is 965 g/mol. The van der Waals surface area contributed by atoms with Gasteiger partial charge in [-0.3, -0.25) is 0 Å². The van der Waals surface area contributed by atoms with Crippen LogP contribution in [0.25, 0.3) is 11.0 Å². The first-order valence-corrected chi connectivity index (χ1v) is 29.2. The van der Waals surface area contributed by atoms with Gasteiger partial charge in [-0.25, -0.2) is 4.79 Å². The van der Waals surface area contributed by atoms with Gasteiger partial charge in [0, 0.05) is 31.7 Å². The Balaban J connectivity index is 0.726. The zero-order valence-corrected chi connectivity index (χ0v) is 43.6. The molecule has 364 valence electrons. The summed E-state index contributed by atoms with van der Waals surface area (Å²) in [6, 6.07) is 47.1. The van der Waals surface area contributed by atoms with Crippen molar-refractivity contribution < 1.29 is 32.7 Å². The molecule has 0 bridgehead atoms. The van der Waals surface area contributed by atoms with Crippen molar-refractivity contribution in [3.05, 3.63) is 145 Å². The van der Waals surface area contributed by atoms with E-state index in [1.807, 2.05) is 17.0 Å². The van der Waals surface area contributed by atoms with Crippen LogP contribution in [-0.2, 0) is 26.6 Å². The molecule has 1 saturated heterocycles. The van der Waals surface area contributed by atoms with Gasteiger partial charge in [0.1, 0.15) is 5.75 Å². The molecule has 4 atom stereocenters. The summed E-state index contributed by atoms with van der Waals surface area (Å²) in [5.41, 5.74) is 2.13. The van der Waals surface area contributed by atoms with E-state index in [0.717, 1.165) is 49.6 Å². The number of aliphatic hydroxyl groups excluding tert-OH is 1. The molecule has 9 nitrogen and oxygen atoms in total. The van der Waals surface area contributed by atoms with E-state index in [0.29, 0.717) is 86.0 Å². The maximum atomic E-state index is 13.3. The van der Waals surface area contributed by atoms with Crippen LogP contribution in [0.2, 0.25) is 10.1 Å². The lowest BCUT2D eigenvalue weighted by molar-refractivity contribution is 0.0813. The summed E-state index contributed by atoms with van der Waals surface area (Å²) in [7, 11) is -5.21. The molecule has 1 amide bonds. The van der Waals surface area contributed by atoms with E-state index >= 15 is 0 Å². The van der Waals surface area contributed by atoms with Crippen molar-refractivity contribution in [2.75, 3.05) is 39.5 Å². The maximum absolute atomic E-state index is 13.3. The normalized spacial score (nSPS) is 20.0. The van der Waals surface area contributed by atoms with Gasteiger partial charge in [0.2, 0.25) is 0 Å². The van der Waals surface area contributed by atoms with Crippen LogP contribution in [0.5, 0.6) is 5.75 Å². The first-order chi connectivity index (χ1) is 33.3. The van der Waals surface area contributed by atoms with Gasteiger partial charge < -0.3 is 32.9 Å². The van der Waals surface area contributed by atoms with E-state index < -0.39 is 16.6 Å². The van der Waals surface area contributed by atoms with Gasteiger partial charge in [0.15, 0.2) is 5.58 Å². The number of benzene rings is 5. The first-order valence-electron chi connectivity index (χ1n) is 25.4. The number of hydrogen-bond acceptors (Lipinski definition) is 8. The Bertz CT molecular complexity index is 2530. The highest BCUT2D eigenvalue weighted by atomic mass is 28.4. The van der Waals surface area contributed by atoms with Gasteiger partial charge >= 0.3 is 6.09 Å². The van der Waals surface area contributed by atoms with Gasteiger partial charge in [0.25, 0.3) is 16.6 Å². The second-order valence-electron chi connectivity index (χ2n) is 22.0. The molecule has 2 saturated carbocycles. The van der Waals surface area contributed by atoms with Crippen molar-refractivity contribution in [3.63, 3.8) is 0 Å². The fourth-order valence-corrected chi connectivity index (χ4v) is 20.4. The van der Waals surface area contributed by atoms with Crippen LogP contribution in [-0.4, -0.2) is 77.4 Å². The third kappa shape index (κ3) is 10.4. The van der Waals surface area contributed by atoms with Crippen molar-refractivity contribution in [2.45, 2.75) is 96.8 Å². The molecular weight excluding hydrogens is 893 g/mol. The van der Waals surface area contributed by atoms with Crippen LogP contribution in [0.3, 0.4) is 0 Å². The second-order valence-corrected chi connectivity index (χ2v) is 30.6. The van der Waals surface area contributed by atoms with Crippen molar-refractivity contribution in [3.8, 4) is 5.75 Å². The van der Waals surface area contributed by atoms with E-state index in [1.54, 1.807) is 0 Å². The fraction of sp³-hybridized carbons (Fsp3) is 0.448. The van der Waals surface area contributed by atoms with E-state index in [4.69, 9.17) is 22.8 Å². The Hall–Kier alpha value is -5.05. The maximum Gasteiger partial charge on any atom is 0.409 e. The molecule has 69 heavy (non-hydrogen) atoms. The summed E-state index contributed by atoms with van der Waals surface area (Å²) in [6.07, 6.45) is 5.42. The average Bonchev–Trinajstić information content (AvgIpc) is 4.27. The summed E-state index contributed by atoms with van der Waals surface area (Å²) < 4.78 is 32.6. The number of piperidine rings is 1. The summed E-state index contributed by atoms with van der Waals surface area (Å²) in [6.45, 7) is 17.4. The van der Waals surface area contributed by atoms with Gasteiger partial charge in [-0.15, -0.1) is 0 Å². The standard InChI is InChI=1S/C58H72N2O7Si2/c1-57(2,3)68(47-19-11-7-12-20-47,48-21-13-8-14-22-48)65-40-45-35-43(45)38-63-54-30-28-51-53(59-67-55(51)52(54)37-61)29-27-42-31-33-60(34-32-42)56(62)64-39-44-36-46(44)41-66-69(58(4,5)6,49-23-15-9-16-24-49)50-25-17-10-18-26-50/h7-26,28,30,42-46,61H,27,29,31-41H2,1-6H3. The van der Waals surface area contributed by atoms with Crippen LogP contribution in [0.1, 0.15) is 84.9 Å². The number of carbonyl (C=O) groups is 1. The number of nitrogens with zero attached hydrogens (tertiary/aromatic N) is 2. The SMILES string of the molecule is CC(C)(C)[Si](OCC1CC1COC(=O)N1CCC(CCc2noc3c(CO)c(OCC4CC4CO[Si](c4ccccc4)(c4ccccc4)C(C)(C)C)ccc23)CC1)(c1ccccc1)c1ccccc1. The van der Waals surface area contributed by atoms with Crippen molar-refractivity contribution in [1.29, 1.82) is 0 Å². The first kappa shape index (κ1) is 49.0. The Labute approximate surface area is 411 Å². The fourth-order valence-electron chi connectivity index (χ4n) is 11.2. The molecule has 2 heterocycles. The van der Waals surface area contributed by atoms with E-state index in [1.165, 1.54) is 20.7 Å². The van der Waals surface area contributed by atoms with Crippen LogP contribution >= 0.6 is 0 Å². The Morgan fingerprint density at radius 2 is 1.09 bits per heavy atom. The minimum Gasteiger partial charge on any atom is -0.493 e. The molecule has 3 aliphatic rings. The van der Waals surface area contributed by atoms with Gasteiger partial charge in [-0.05, 0) is 111 Å². The summed E-state index contributed by atoms with van der Waals surface area (Å²) >= 11 is 0. The molecule has 11 heteroatoms. The highest BCUT2D eigenvalue weighted by molar-refractivity contribution is 7.00. The third-order valence-electron chi connectivity index (χ3n) is 15.5. The van der Waals surface area contributed by atoms with E-state index in [9.17, 15) is 9.90 Å². The van der Waals surface area contributed by atoms with Crippen molar-refractivity contribution >= 4 is 54.4 Å². The summed E-state index contributed by atoms with van der Waals surface area (Å²) in [4.78, 5) is 15.1. The molecule has 5 aromatic carbocycles. The van der Waals surface area contributed by atoms with Gasteiger partial charge in [0.05, 0.1) is 31.1 Å². The molecule has 0 radical (unpaired) electrons. The minimum atomic E-state index is -2.61. The van der Waals surface area contributed by atoms with E-state index in [-0.39, 0.29) is 22.8 Å². The number of hydrogen-bond donors (Lipinski definition) is 1. The highest BCUT2D eigenvalue weighted by Crippen LogP contribution is 2.45. The number of carbonyl (C=O) groups excluding carboxylic acids is 1. The number of amides is 1. The van der Waals surface area contributed by atoms with Crippen LogP contribution in [0.4, 0.5) is 4.79 Å². The highest BCUT2D eigenvalue weighted by Gasteiger charge is 2.53. The summed E-state index contributed by atoms with van der Waals surface area (Å²) in [5.74, 6) is 2.61. The molecule has 1 aromatic heterocycles. The number of aromatic nitrogens is 1. The Morgan fingerprint density at radius 3 is 1.54 bits per heavy atom. The zero-order chi connectivity index (χ0) is 48.2. The monoisotopic (exact) mass is 964 g/mol. The number of rotatable bonds is 19. The quantitative estimate of drug-likeness (QED) is 0.0801. The topological polar surface area (TPSA) is 103 Å². The summed E-state index contributed by atoms with van der Waals surface area (Å²) in [5, 5.41) is 21.0. The Kier molecular flexibility index (Phi) is 14.7. The molecule has 4 unspecified atom stereocenters. The lowest BCUT2D eigenvalue weighted by atomic mass is 9.91. The van der Waals surface area contributed by atoms with Crippen molar-refractivity contribution in [2.24, 2.45) is 29.6 Å². The number of aliphatic hydroxyl groups is 1. The molecule has 0 spiro atoms. The molecule has 2 aliphatic carbocycles. The number of aryl methyl sites for hydroxylation is 1. The van der Waals surface area contributed by atoms with Crippen LogP contribution in [0, 0.1) is 29.6 Å². The predicted molar refractivity (Wildman–Crippen MR) is 280 cm³/mol. The van der Waals surface area contributed by atoms with Gasteiger partial charge in [-0.1, -0.05) is 168 Å². The van der Waals surface area contributed by atoms with Crippen LogP contribution in [0.15, 0.2) is 138 Å². The number of fused-ring (bicyclic) bond motifs is 1. The van der Waals surface area contributed by atoms with Crippen molar-refractivity contribution in [1.82, 2.24) is 10.1 Å². The molecule has 9 rings (SSSR count). The number of likely N-dealkylation sites (tertiary alicyclic amines) is 1. The molecule has 3 fully saturated rings. The predicted octanol–water partition coefficient (Wildman–Crippen LogP) is 9.91. The zero-order valence-electron chi connectivity index (χ0n) is 41.6. The lowest BCUT2D eigenvalue weighted by Crippen LogP contribution is -2.66. The largest absolute Gasteiger partial charge is 0.493 e. The minimum absolute atomic E-state index is 0.0704. The smallest absolute Gasteiger partial charge is 0.409 e. The lowest BCUT2D eigenvalue weighted by Gasteiger charge is -2.43. The van der Waals surface area contributed by atoms with E-state index in [2.05, 4.69) is 168 Å².